The quantitative estimate of drug-likeness (QED) is 0.524. The number of carbonyl (C=O) groups excluding carboxylic acids is 2. The second kappa shape index (κ2) is 11.3. The number of thiazole rings is 1. The number of fused-ring (bicyclic) bond motifs is 1. The van der Waals surface area contributed by atoms with Gasteiger partial charge in [0, 0.05) is 26.2 Å². The van der Waals surface area contributed by atoms with Gasteiger partial charge in [0.25, 0.3) is 5.91 Å². The van der Waals surface area contributed by atoms with E-state index in [1.807, 2.05) is 36.6 Å². The molecule has 0 bridgehead atoms. The van der Waals surface area contributed by atoms with Crippen LogP contribution >= 0.6 is 11.3 Å². The van der Waals surface area contributed by atoms with Gasteiger partial charge in [0.2, 0.25) is 5.91 Å². The van der Waals surface area contributed by atoms with Crippen LogP contribution in [0.5, 0.6) is 5.75 Å². The van der Waals surface area contributed by atoms with Crippen LogP contribution in [0.4, 0.5) is 0 Å². The molecule has 1 atom stereocenters. The molecule has 0 spiro atoms. The van der Waals surface area contributed by atoms with Crippen LogP contribution in [0, 0.1) is 0 Å². The Morgan fingerprint density at radius 3 is 2.73 bits per heavy atom. The SMILES string of the molecule is CCOc1ccc2c(c1)sc(=NC(=O)CS(=O)(=O)CC(=O)N1CCCCC1C)n2CCOC. The second-order valence-corrected chi connectivity index (χ2v) is 11.1. The lowest BCUT2D eigenvalue weighted by Crippen LogP contribution is -2.45. The zero-order valence-corrected chi connectivity index (χ0v) is 20.9. The topological polar surface area (TPSA) is 107 Å². The van der Waals surface area contributed by atoms with Gasteiger partial charge in [-0.2, -0.15) is 4.99 Å². The predicted octanol–water partition coefficient (Wildman–Crippen LogP) is 1.99. The summed E-state index contributed by atoms with van der Waals surface area (Å²) in [6.45, 7) is 5.76. The van der Waals surface area contributed by atoms with Crippen LogP contribution in [0.2, 0.25) is 0 Å². The fraction of sp³-hybridized carbons (Fsp3) is 0.591. The summed E-state index contributed by atoms with van der Waals surface area (Å²) in [7, 11) is -2.35. The van der Waals surface area contributed by atoms with Crippen molar-refractivity contribution >= 4 is 43.2 Å². The standard InChI is InChI=1S/C22H31N3O6S2/c1-4-31-17-8-9-18-19(13-17)32-22(25(18)11-12-30-3)23-20(26)14-33(28,29)15-21(27)24-10-6-5-7-16(24)2/h8-9,13,16H,4-7,10-12,14-15H2,1-3H3. The number of hydrogen-bond acceptors (Lipinski definition) is 7. The monoisotopic (exact) mass is 497 g/mol. The normalized spacial score (nSPS) is 17.5. The van der Waals surface area contributed by atoms with Crippen molar-refractivity contribution in [3.8, 4) is 5.75 Å². The lowest BCUT2D eigenvalue weighted by atomic mass is 10.0. The largest absolute Gasteiger partial charge is 0.494 e. The average Bonchev–Trinajstić information content (AvgIpc) is 3.07. The Labute approximate surface area is 197 Å². The molecule has 33 heavy (non-hydrogen) atoms. The van der Waals surface area contributed by atoms with Gasteiger partial charge in [-0.1, -0.05) is 11.3 Å². The number of hydrogen-bond donors (Lipinski definition) is 0. The smallest absolute Gasteiger partial charge is 0.263 e. The zero-order valence-electron chi connectivity index (χ0n) is 19.3. The summed E-state index contributed by atoms with van der Waals surface area (Å²) in [5, 5.41) is 0. The molecule has 9 nitrogen and oxygen atoms in total. The summed E-state index contributed by atoms with van der Waals surface area (Å²) in [4.78, 5) is 31.2. The first-order chi connectivity index (χ1) is 15.7. The Morgan fingerprint density at radius 1 is 1.24 bits per heavy atom. The van der Waals surface area contributed by atoms with Crippen LogP contribution < -0.4 is 9.54 Å². The predicted molar refractivity (Wildman–Crippen MR) is 127 cm³/mol. The molecule has 1 fully saturated rings. The third-order valence-electron chi connectivity index (χ3n) is 5.51. The summed E-state index contributed by atoms with van der Waals surface area (Å²) in [6.07, 6.45) is 2.75. The number of likely N-dealkylation sites (tertiary alicyclic amines) is 1. The van der Waals surface area contributed by atoms with Crippen LogP contribution in [0.15, 0.2) is 23.2 Å². The number of benzene rings is 1. The molecule has 1 aliphatic heterocycles. The third kappa shape index (κ3) is 6.64. The molecule has 1 aliphatic rings. The summed E-state index contributed by atoms with van der Waals surface area (Å²) >= 11 is 1.28. The van der Waals surface area contributed by atoms with Gasteiger partial charge in [0.05, 0.1) is 23.4 Å². The molecule has 11 heteroatoms. The first kappa shape index (κ1) is 25.4. The van der Waals surface area contributed by atoms with Gasteiger partial charge in [-0.3, -0.25) is 9.59 Å². The second-order valence-electron chi connectivity index (χ2n) is 8.06. The molecule has 1 aromatic carbocycles. The van der Waals surface area contributed by atoms with Crippen molar-refractivity contribution in [1.29, 1.82) is 0 Å². The molecule has 2 heterocycles. The Hall–Kier alpha value is -2.24. The van der Waals surface area contributed by atoms with Crippen LogP contribution in [0.3, 0.4) is 0 Å². The van der Waals surface area contributed by atoms with E-state index in [1.165, 1.54) is 11.3 Å². The van der Waals surface area contributed by atoms with E-state index < -0.39 is 33.2 Å². The van der Waals surface area contributed by atoms with Gasteiger partial charge in [-0.05, 0) is 51.3 Å². The van der Waals surface area contributed by atoms with Crippen LogP contribution in [-0.4, -0.2) is 74.1 Å². The molecular weight excluding hydrogens is 466 g/mol. The highest BCUT2D eigenvalue weighted by Gasteiger charge is 2.28. The lowest BCUT2D eigenvalue weighted by Gasteiger charge is -2.33. The summed E-state index contributed by atoms with van der Waals surface area (Å²) in [6, 6.07) is 5.60. The number of methoxy groups -OCH3 is 1. The van der Waals surface area contributed by atoms with Crippen LogP contribution in [0.25, 0.3) is 10.2 Å². The minimum Gasteiger partial charge on any atom is -0.494 e. The minimum absolute atomic E-state index is 0.0155. The van der Waals surface area contributed by atoms with Gasteiger partial charge < -0.3 is 18.9 Å². The maximum Gasteiger partial charge on any atom is 0.263 e. The summed E-state index contributed by atoms with van der Waals surface area (Å²) in [5.74, 6) is -2.01. The molecule has 0 aliphatic carbocycles. The van der Waals surface area contributed by atoms with Gasteiger partial charge in [-0.25, -0.2) is 8.42 Å². The van der Waals surface area contributed by atoms with Gasteiger partial charge in [0.15, 0.2) is 14.6 Å². The highest BCUT2D eigenvalue weighted by atomic mass is 32.2. The maximum absolute atomic E-state index is 12.6. The molecule has 1 aromatic heterocycles. The lowest BCUT2D eigenvalue weighted by molar-refractivity contribution is -0.131. The first-order valence-electron chi connectivity index (χ1n) is 11.1. The highest BCUT2D eigenvalue weighted by Crippen LogP contribution is 2.23. The number of aromatic nitrogens is 1. The highest BCUT2D eigenvalue weighted by molar-refractivity contribution is 7.92. The Morgan fingerprint density at radius 2 is 2.03 bits per heavy atom. The average molecular weight is 498 g/mol. The van der Waals surface area contributed by atoms with Gasteiger partial charge in [-0.15, -0.1) is 0 Å². The van der Waals surface area contributed by atoms with Crippen molar-refractivity contribution in [2.24, 2.45) is 4.99 Å². The minimum atomic E-state index is -3.93. The maximum atomic E-state index is 12.6. The van der Waals surface area contributed by atoms with Crippen molar-refractivity contribution < 1.29 is 27.5 Å². The van der Waals surface area contributed by atoms with E-state index in [-0.39, 0.29) is 6.04 Å². The zero-order chi connectivity index (χ0) is 24.0. The van der Waals surface area contributed by atoms with Gasteiger partial charge >= 0.3 is 0 Å². The number of sulfone groups is 1. The number of ether oxygens (including phenoxy) is 2. The molecule has 0 saturated carbocycles. The van der Waals surface area contributed by atoms with Crippen molar-refractivity contribution in [1.82, 2.24) is 9.47 Å². The number of carbonyl (C=O) groups is 2. The van der Waals surface area contributed by atoms with E-state index in [1.54, 1.807) is 12.0 Å². The molecule has 0 N–H and O–H groups in total. The Kier molecular flexibility index (Phi) is 8.66. The van der Waals surface area contributed by atoms with E-state index in [2.05, 4.69) is 4.99 Å². The molecular formula is C22H31N3O6S2. The Bertz CT molecular complexity index is 1170. The van der Waals surface area contributed by atoms with E-state index >= 15 is 0 Å². The van der Waals surface area contributed by atoms with E-state index in [9.17, 15) is 18.0 Å². The van der Waals surface area contributed by atoms with E-state index in [4.69, 9.17) is 9.47 Å². The first-order valence-corrected chi connectivity index (χ1v) is 13.7. The molecule has 1 unspecified atom stereocenters. The van der Waals surface area contributed by atoms with Gasteiger partial charge in [0.1, 0.15) is 17.3 Å². The third-order valence-corrected chi connectivity index (χ3v) is 7.93. The number of nitrogens with zero attached hydrogens (tertiary/aromatic N) is 3. The summed E-state index contributed by atoms with van der Waals surface area (Å²) in [5.41, 5.74) is 0.851. The van der Waals surface area contributed by atoms with Crippen molar-refractivity contribution in [2.75, 3.05) is 38.4 Å². The Balaban J connectivity index is 1.81. The van der Waals surface area contributed by atoms with E-state index in [0.717, 1.165) is 29.5 Å². The van der Waals surface area contributed by atoms with Crippen molar-refractivity contribution in [3.63, 3.8) is 0 Å². The molecule has 3 rings (SSSR count). The number of piperidine rings is 1. The fourth-order valence-electron chi connectivity index (χ4n) is 3.91. The molecule has 182 valence electrons. The molecule has 2 amide bonds. The van der Waals surface area contributed by atoms with Crippen molar-refractivity contribution in [3.05, 3.63) is 23.0 Å². The van der Waals surface area contributed by atoms with Crippen LogP contribution in [-0.2, 0) is 30.7 Å². The molecule has 1 saturated heterocycles. The number of amides is 2. The summed E-state index contributed by atoms with van der Waals surface area (Å²) < 4.78 is 38.5. The number of rotatable bonds is 9. The van der Waals surface area contributed by atoms with E-state index in [0.29, 0.717) is 36.9 Å². The molecule has 2 aromatic rings. The van der Waals surface area contributed by atoms with Crippen LogP contribution in [0.1, 0.15) is 33.1 Å². The molecule has 0 radical (unpaired) electrons. The van der Waals surface area contributed by atoms with Crippen molar-refractivity contribution in [2.45, 2.75) is 45.7 Å². The fourth-order valence-corrected chi connectivity index (χ4v) is 6.10.